The number of hydrogen-bond acceptors (Lipinski definition) is 3. The van der Waals surface area contributed by atoms with E-state index in [4.69, 9.17) is 0 Å². The van der Waals surface area contributed by atoms with Crippen LogP contribution in [0.2, 0.25) is 0 Å². The lowest BCUT2D eigenvalue weighted by Gasteiger charge is -2.17. The lowest BCUT2D eigenvalue weighted by atomic mass is 9.87. The molecular weight excluding hydrogens is 168 g/mol. The molecule has 1 saturated carbocycles. The second-order valence-corrected chi connectivity index (χ2v) is 4.04. The van der Waals surface area contributed by atoms with Crippen LogP contribution >= 0.6 is 0 Å². The predicted octanol–water partition coefficient (Wildman–Crippen LogP) is 1.41. The molecule has 74 valence electrons. The Morgan fingerprint density at radius 3 is 2.69 bits per heavy atom. The number of rotatable bonds is 4. The zero-order chi connectivity index (χ0) is 10.1. The van der Waals surface area contributed by atoms with Crippen LogP contribution in [0.1, 0.15) is 26.7 Å². The summed E-state index contributed by atoms with van der Waals surface area (Å²) in [6.07, 6.45) is 2.18. The van der Waals surface area contributed by atoms with Gasteiger partial charge in [-0.25, -0.2) is 0 Å². The second-order valence-electron chi connectivity index (χ2n) is 4.04. The van der Waals surface area contributed by atoms with Gasteiger partial charge in [-0.1, -0.05) is 13.8 Å². The fourth-order valence-electron chi connectivity index (χ4n) is 2.04. The average Bonchev–Trinajstić information content (AvgIpc) is 2.80. The van der Waals surface area contributed by atoms with Crippen LogP contribution in [0, 0.1) is 17.3 Å². The van der Waals surface area contributed by atoms with Gasteiger partial charge < -0.3 is 9.53 Å². The van der Waals surface area contributed by atoms with E-state index >= 15 is 0 Å². The van der Waals surface area contributed by atoms with Gasteiger partial charge in [0.15, 0.2) is 0 Å². The lowest BCUT2D eigenvalue weighted by Crippen LogP contribution is -2.18. The van der Waals surface area contributed by atoms with Crippen LogP contribution in [0.15, 0.2) is 0 Å². The lowest BCUT2D eigenvalue weighted by molar-refractivity contribution is -0.143. The van der Waals surface area contributed by atoms with Gasteiger partial charge in [0.05, 0.1) is 13.0 Å². The quantitative estimate of drug-likeness (QED) is 0.490. The van der Waals surface area contributed by atoms with E-state index in [2.05, 4.69) is 4.74 Å². The highest BCUT2D eigenvalue weighted by Crippen LogP contribution is 2.60. The Morgan fingerprint density at radius 2 is 2.31 bits per heavy atom. The molecule has 0 unspecified atom stereocenters. The second kappa shape index (κ2) is 3.48. The van der Waals surface area contributed by atoms with Crippen molar-refractivity contribution in [2.75, 3.05) is 7.11 Å². The van der Waals surface area contributed by atoms with Crippen molar-refractivity contribution >= 4 is 12.3 Å². The van der Waals surface area contributed by atoms with E-state index < -0.39 is 0 Å². The van der Waals surface area contributed by atoms with Gasteiger partial charge in [0.25, 0.3) is 0 Å². The van der Waals surface area contributed by atoms with Crippen molar-refractivity contribution in [1.82, 2.24) is 0 Å². The molecule has 1 rings (SSSR count). The van der Waals surface area contributed by atoms with Gasteiger partial charge in [-0.3, -0.25) is 4.79 Å². The van der Waals surface area contributed by atoms with E-state index in [1.54, 1.807) is 0 Å². The van der Waals surface area contributed by atoms with Crippen LogP contribution in [-0.2, 0) is 14.3 Å². The molecule has 0 aliphatic heterocycles. The highest BCUT2D eigenvalue weighted by molar-refractivity contribution is 5.78. The molecule has 0 amide bonds. The zero-order valence-corrected chi connectivity index (χ0v) is 8.37. The molecule has 0 bridgehead atoms. The van der Waals surface area contributed by atoms with Gasteiger partial charge in [0.1, 0.15) is 6.29 Å². The number of hydrogen-bond donors (Lipinski definition) is 0. The molecule has 1 aliphatic rings. The van der Waals surface area contributed by atoms with Gasteiger partial charge in [-0.05, 0) is 17.8 Å². The Bertz CT molecular complexity index is 222. The summed E-state index contributed by atoms with van der Waals surface area (Å²) in [5.41, 5.74) is -0.102. The van der Waals surface area contributed by atoms with E-state index in [1.165, 1.54) is 7.11 Å². The Kier molecular flexibility index (Phi) is 2.74. The van der Waals surface area contributed by atoms with E-state index in [9.17, 15) is 9.59 Å². The zero-order valence-electron chi connectivity index (χ0n) is 8.37. The smallest absolute Gasteiger partial charge is 0.309 e. The van der Waals surface area contributed by atoms with E-state index in [1.807, 2.05) is 13.8 Å². The Balaban J connectivity index is 2.66. The maximum atomic E-state index is 11.2. The van der Waals surface area contributed by atoms with E-state index in [-0.39, 0.29) is 17.3 Å². The molecule has 0 aromatic rings. The molecule has 1 fully saturated rings. The van der Waals surface area contributed by atoms with Gasteiger partial charge in [-0.2, -0.15) is 0 Å². The van der Waals surface area contributed by atoms with Gasteiger partial charge in [-0.15, -0.1) is 0 Å². The molecule has 1 aliphatic carbocycles. The monoisotopic (exact) mass is 184 g/mol. The number of ether oxygens (including phenoxy) is 1. The first-order valence-corrected chi connectivity index (χ1v) is 4.60. The van der Waals surface area contributed by atoms with Crippen molar-refractivity contribution in [1.29, 1.82) is 0 Å². The standard InChI is InChI=1S/C10H16O3/c1-7(2)10(4-5-11)6-8(10)9(12)13-3/h5,7-8H,4,6H2,1-3H3/t8-,10-/m0/s1. The Labute approximate surface area is 78.5 Å². The van der Waals surface area contributed by atoms with Crippen LogP contribution in [-0.4, -0.2) is 19.4 Å². The number of carbonyl (C=O) groups excluding carboxylic acids is 2. The first-order chi connectivity index (χ1) is 6.08. The third-order valence-corrected chi connectivity index (χ3v) is 3.22. The highest BCUT2D eigenvalue weighted by atomic mass is 16.5. The minimum atomic E-state index is -0.171. The molecule has 0 N–H and O–H groups in total. The SMILES string of the molecule is COC(=O)[C@@H]1C[C@@]1(CC=O)C(C)C. The molecule has 0 saturated heterocycles. The molecule has 0 spiro atoms. The van der Waals surface area contributed by atoms with Crippen molar-refractivity contribution in [2.24, 2.45) is 17.3 Å². The summed E-state index contributed by atoms with van der Waals surface area (Å²) in [5.74, 6) is 0.139. The first-order valence-electron chi connectivity index (χ1n) is 4.60. The third-order valence-electron chi connectivity index (χ3n) is 3.22. The summed E-state index contributed by atoms with van der Waals surface area (Å²) in [4.78, 5) is 21.7. The molecular formula is C10H16O3. The van der Waals surface area contributed by atoms with E-state index in [0.717, 1.165) is 12.7 Å². The predicted molar refractivity (Wildman–Crippen MR) is 48.1 cm³/mol. The summed E-state index contributed by atoms with van der Waals surface area (Å²) in [5, 5.41) is 0. The summed E-state index contributed by atoms with van der Waals surface area (Å²) < 4.78 is 4.67. The van der Waals surface area contributed by atoms with Crippen LogP contribution < -0.4 is 0 Å². The van der Waals surface area contributed by atoms with Crippen molar-refractivity contribution in [3.8, 4) is 0 Å². The largest absolute Gasteiger partial charge is 0.469 e. The molecule has 0 radical (unpaired) electrons. The van der Waals surface area contributed by atoms with Crippen molar-refractivity contribution < 1.29 is 14.3 Å². The number of methoxy groups -OCH3 is 1. The van der Waals surface area contributed by atoms with Crippen molar-refractivity contribution in [2.45, 2.75) is 26.7 Å². The van der Waals surface area contributed by atoms with Gasteiger partial charge in [0, 0.05) is 6.42 Å². The first kappa shape index (κ1) is 10.2. The minimum absolute atomic E-state index is 0.0531. The van der Waals surface area contributed by atoms with Crippen LogP contribution in [0.5, 0.6) is 0 Å². The van der Waals surface area contributed by atoms with E-state index in [0.29, 0.717) is 12.3 Å². The molecule has 3 heteroatoms. The topological polar surface area (TPSA) is 43.4 Å². The maximum Gasteiger partial charge on any atom is 0.309 e. The maximum absolute atomic E-state index is 11.2. The third kappa shape index (κ3) is 1.60. The highest BCUT2D eigenvalue weighted by Gasteiger charge is 2.60. The number of carbonyl (C=O) groups is 2. The fourth-order valence-corrected chi connectivity index (χ4v) is 2.04. The molecule has 2 atom stereocenters. The molecule has 0 aromatic carbocycles. The van der Waals surface area contributed by atoms with Gasteiger partial charge >= 0.3 is 5.97 Å². The molecule has 0 heterocycles. The fraction of sp³-hybridized carbons (Fsp3) is 0.800. The summed E-state index contributed by atoms with van der Waals surface area (Å²) in [6, 6.07) is 0. The van der Waals surface area contributed by atoms with Crippen molar-refractivity contribution in [3.63, 3.8) is 0 Å². The summed E-state index contributed by atoms with van der Waals surface area (Å²) in [7, 11) is 1.40. The summed E-state index contributed by atoms with van der Waals surface area (Å²) in [6.45, 7) is 4.10. The number of aldehydes is 1. The average molecular weight is 184 g/mol. The van der Waals surface area contributed by atoms with Crippen LogP contribution in [0.25, 0.3) is 0 Å². The summed E-state index contributed by atoms with van der Waals surface area (Å²) >= 11 is 0. The molecule has 13 heavy (non-hydrogen) atoms. The van der Waals surface area contributed by atoms with Crippen LogP contribution in [0.3, 0.4) is 0 Å². The number of esters is 1. The molecule has 3 nitrogen and oxygen atoms in total. The minimum Gasteiger partial charge on any atom is -0.469 e. The normalized spacial score (nSPS) is 31.5. The molecule has 0 aromatic heterocycles. The van der Waals surface area contributed by atoms with Crippen molar-refractivity contribution in [3.05, 3.63) is 0 Å². The Morgan fingerprint density at radius 1 is 1.69 bits per heavy atom. The van der Waals surface area contributed by atoms with Crippen LogP contribution in [0.4, 0.5) is 0 Å². The van der Waals surface area contributed by atoms with Gasteiger partial charge in [0.2, 0.25) is 0 Å². The Hall–Kier alpha value is -0.860.